The molecule has 0 unspecified atom stereocenters. The van der Waals surface area contributed by atoms with Crippen molar-refractivity contribution in [2.75, 3.05) is 19.7 Å². The van der Waals surface area contributed by atoms with Crippen molar-refractivity contribution in [3.8, 4) is 18.1 Å². The molecule has 23 heavy (non-hydrogen) atoms. The number of carbonyl (C=O) groups excluding carboxylic acids is 1. The summed E-state index contributed by atoms with van der Waals surface area (Å²) in [7, 11) is 0. The smallest absolute Gasteiger partial charge is 0.260 e. The average Bonchev–Trinajstić information content (AvgIpc) is 3.15. The minimum absolute atomic E-state index is 0.000778. The van der Waals surface area contributed by atoms with Gasteiger partial charge in [-0.15, -0.1) is 16.6 Å². The van der Waals surface area contributed by atoms with Crippen LogP contribution in [0.3, 0.4) is 0 Å². The van der Waals surface area contributed by atoms with E-state index in [0.717, 1.165) is 11.1 Å². The topological polar surface area (TPSA) is 84.0 Å². The number of benzene rings is 1. The monoisotopic (exact) mass is 309 g/mol. The van der Waals surface area contributed by atoms with E-state index in [0.29, 0.717) is 31.1 Å². The molecule has 1 aliphatic heterocycles. The molecule has 116 valence electrons. The predicted molar refractivity (Wildman–Crippen MR) is 83.2 cm³/mol. The number of terminal acetylenes is 1. The van der Waals surface area contributed by atoms with E-state index in [1.165, 1.54) is 0 Å². The molecule has 1 amide bonds. The van der Waals surface area contributed by atoms with Gasteiger partial charge in [0.15, 0.2) is 12.4 Å². The third-order valence-electron chi connectivity index (χ3n) is 3.58. The third kappa shape index (κ3) is 3.55. The maximum atomic E-state index is 12.2. The number of hydrogen-bond acceptors (Lipinski definition) is 5. The molecule has 0 aliphatic carbocycles. The van der Waals surface area contributed by atoms with Crippen molar-refractivity contribution < 1.29 is 9.53 Å². The van der Waals surface area contributed by atoms with Crippen molar-refractivity contribution in [3.05, 3.63) is 41.7 Å². The van der Waals surface area contributed by atoms with Gasteiger partial charge in [0.05, 0.1) is 0 Å². The first-order valence-corrected chi connectivity index (χ1v) is 7.16. The molecule has 0 saturated carbocycles. The van der Waals surface area contributed by atoms with Crippen LogP contribution >= 0.6 is 0 Å². The van der Waals surface area contributed by atoms with E-state index in [1.807, 2.05) is 6.08 Å². The minimum Gasteiger partial charge on any atom is -0.484 e. The van der Waals surface area contributed by atoms with Crippen LogP contribution in [0.2, 0.25) is 0 Å². The summed E-state index contributed by atoms with van der Waals surface area (Å²) in [5.74, 6) is 3.68. The quantitative estimate of drug-likeness (QED) is 0.847. The summed E-state index contributed by atoms with van der Waals surface area (Å²) >= 11 is 0. The van der Waals surface area contributed by atoms with Crippen molar-refractivity contribution in [2.24, 2.45) is 0 Å². The molecule has 7 heteroatoms. The Kier molecular flexibility index (Phi) is 4.34. The van der Waals surface area contributed by atoms with Gasteiger partial charge in [-0.2, -0.15) is 5.21 Å². The van der Waals surface area contributed by atoms with Crippen LogP contribution in [0.4, 0.5) is 0 Å². The lowest BCUT2D eigenvalue weighted by molar-refractivity contribution is -0.132. The lowest BCUT2D eigenvalue weighted by Gasteiger charge is -2.25. The Bertz CT molecular complexity index is 744. The van der Waals surface area contributed by atoms with Gasteiger partial charge in [-0.3, -0.25) is 4.79 Å². The highest BCUT2D eigenvalue weighted by atomic mass is 16.5. The van der Waals surface area contributed by atoms with Gasteiger partial charge in [0.1, 0.15) is 5.75 Å². The van der Waals surface area contributed by atoms with Crippen molar-refractivity contribution in [2.45, 2.75) is 6.42 Å². The standard InChI is InChI=1S/C16H15N5O2/c1-2-12-3-5-14(6-4-12)23-11-15(22)21-9-7-13(8-10-21)16-17-19-20-18-16/h1,3-7H,8-11H2,(H,17,18,19,20). The fourth-order valence-corrected chi connectivity index (χ4v) is 2.28. The predicted octanol–water partition coefficient (Wildman–Crippen LogP) is 0.876. The zero-order chi connectivity index (χ0) is 16.1. The second kappa shape index (κ2) is 6.75. The van der Waals surface area contributed by atoms with Crippen LogP contribution < -0.4 is 4.74 Å². The van der Waals surface area contributed by atoms with Crippen LogP contribution in [-0.4, -0.2) is 51.1 Å². The van der Waals surface area contributed by atoms with Crippen LogP contribution in [0.15, 0.2) is 30.3 Å². The van der Waals surface area contributed by atoms with Crippen molar-refractivity contribution >= 4 is 11.5 Å². The molecular weight excluding hydrogens is 294 g/mol. The number of tetrazole rings is 1. The van der Waals surface area contributed by atoms with Gasteiger partial charge in [-0.05, 0) is 35.9 Å². The Hall–Kier alpha value is -3.14. The Morgan fingerprint density at radius 1 is 1.39 bits per heavy atom. The highest BCUT2D eigenvalue weighted by Crippen LogP contribution is 2.18. The zero-order valence-electron chi connectivity index (χ0n) is 12.4. The number of ether oxygens (including phenoxy) is 1. The summed E-state index contributed by atoms with van der Waals surface area (Å²) in [6.07, 6.45) is 7.93. The zero-order valence-corrected chi connectivity index (χ0v) is 12.4. The van der Waals surface area contributed by atoms with Crippen molar-refractivity contribution in [1.82, 2.24) is 25.5 Å². The van der Waals surface area contributed by atoms with E-state index in [9.17, 15) is 4.79 Å². The number of aromatic amines is 1. The molecule has 0 spiro atoms. The number of carbonyl (C=O) groups is 1. The first-order valence-electron chi connectivity index (χ1n) is 7.16. The fourth-order valence-electron chi connectivity index (χ4n) is 2.28. The Labute approximate surface area is 133 Å². The number of amides is 1. The molecule has 7 nitrogen and oxygen atoms in total. The van der Waals surface area contributed by atoms with Gasteiger partial charge in [0.25, 0.3) is 5.91 Å². The van der Waals surface area contributed by atoms with Crippen LogP contribution in [0.25, 0.3) is 5.57 Å². The molecular formula is C16H15N5O2. The molecule has 0 fully saturated rings. The average molecular weight is 309 g/mol. The van der Waals surface area contributed by atoms with Crippen molar-refractivity contribution in [3.63, 3.8) is 0 Å². The van der Waals surface area contributed by atoms with E-state index in [4.69, 9.17) is 11.2 Å². The summed E-state index contributed by atoms with van der Waals surface area (Å²) < 4.78 is 5.50. The number of aromatic nitrogens is 4. The maximum Gasteiger partial charge on any atom is 0.260 e. The third-order valence-corrected chi connectivity index (χ3v) is 3.58. The van der Waals surface area contributed by atoms with E-state index < -0.39 is 0 Å². The molecule has 2 aromatic rings. The normalized spacial score (nSPS) is 14.0. The van der Waals surface area contributed by atoms with Crippen LogP contribution in [0, 0.1) is 12.3 Å². The Morgan fingerprint density at radius 2 is 2.22 bits per heavy atom. The van der Waals surface area contributed by atoms with Gasteiger partial charge in [-0.25, -0.2) is 0 Å². The molecule has 1 N–H and O–H groups in total. The van der Waals surface area contributed by atoms with E-state index in [2.05, 4.69) is 26.5 Å². The lowest BCUT2D eigenvalue weighted by Crippen LogP contribution is -2.37. The highest BCUT2D eigenvalue weighted by molar-refractivity contribution is 5.79. The molecule has 0 bridgehead atoms. The van der Waals surface area contributed by atoms with E-state index in [1.54, 1.807) is 29.2 Å². The summed E-state index contributed by atoms with van der Waals surface area (Å²) in [5, 5.41) is 13.8. The van der Waals surface area contributed by atoms with Gasteiger partial charge in [-0.1, -0.05) is 12.0 Å². The Balaban J connectivity index is 1.52. The Morgan fingerprint density at radius 3 is 2.83 bits per heavy atom. The summed E-state index contributed by atoms with van der Waals surface area (Å²) in [5.41, 5.74) is 1.77. The van der Waals surface area contributed by atoms with Crippen LogP contribution in [0.5, 0.6) is 5.75 Å². The molecule has 0 atom stereocenters. The number of nitrogens with zero attached hydrogens (tertiary/aromatic N) is 4. The van der Waals surface area contributed by atoms with E-state index >= 15 is 0 Å². The molecule has 0 radical (unpaired) electrons. The number of H-pyrrole nitrogens is 1. The summed E-state index contributed by atoms with van der Waals surface area (Å²) in [4.78, 5) is 13.9. The molecule has 0 saturated heterocycles. The molecule has 1 aromatic heterocycles. The molecule has 1 aromatic carbocycles. The van der Waals surface area contributed by atoms with Crippen molar-refractivity contribution in [1.29, 1.82) is 0 Å². The highest BCUT2D eigenvalue weighted by Gasteiger charge is 2.19. The maximum absolute atomic E-state index is 12.2. The van der Waals surface area contributed by atoms with Gasteiger partial charge in [0.2, 0.25) is 0 Å². The second-order valence-corrected chi connectivity index (χ2v) is 5.01. The van der Waals surface area contributed by atoms with Gasteiger partial charge in [0, 0.05) is 24.2 Å². The fraction of sp³-hybridized carbons (Fsp3) is 0.250. The number of hydrogen-bond donors (Lipinski definition) is 1. The van der Waals surface area contributed by atoms with Crippen LogP contribution in [0.1, 0.15) is 17.8 Å². The SMILES string of the molecule is C#Cc1ccc(OCC(=O)N2CC=C(c3nn[nH]n3)CC2)cc1. The van der Waals surface area contributed by atoms with E-state index in [-0.39, 0.29) is 12.5 Å². The van der Waals surface area contributed by atoms with Gasteiger partial charge >= 0.3 is 0 Å². The largest absolute Gasteiger partial charge is 0.484 e. The number of rotatable bonds is 4. The summed E-state index contributed by atoms with van der Waals surface area (Å²) in [6.45, 7) is 1.13. The minimum atomic E-state index is -0.0607. The summed E-state index contributed by atoms with van der Waals surface area (Å²) in [6, 6.07) is 7.07. The number of nitrogens with one attached hydrogen (secondary N) is 1. The van der Waals surface area contributed by atoms with Crippen LogP contribution in [-0.2, 0) is 4.79 Å². The van der Waals surface area contributed by atoms with Gasteiger partial charge < -0.3 is 9.64 Å². The lowest BCUT2D eigenvalue weighted by atomic mass is 10.1. The molecule has 3 rings (SSSR count). The molecule has 2 heterocycles. The molecule has 1 aliphatic rings. The first kappa shape index (κ1) is 14.8. The first-order chi connectivity index (χ1) is 11.3. The second-order valence-electron chi connectivity index (χ2n) is 5.01.